The molecule has 21 heavy (non-hydrogen) atoms. The van der Waals surface area contributed by atoms with Crippen LogP contribution in [0.1, 0.15) is 19.8 Å². The molecule has 1 amide bonds. The zero-order valence-electron chi connectivity index (χ0n) is 12.0. The Kier molecular flexibility index (Phi) is 5.99. The topological polar surface area (TPSA) is 32.3 Å². The van der Waals surface area contributed by atoms with E-state index < -0.39 is 5.76 Å². The Labute approximate surface area is 128 Å². The number of thioether (sulfide) groups is 1. The molecule has 1 heterocycles. The first-order chi connectivity index (χ1) is 10.0. The Morgan fingerprint density at radius 3 is 2.52 bits per heavy atom. The first-order valence-electron chi connectivity index (χ1n) is 7.10. The Balaban J connectivity index is 1.79. The Morgan fingerprint density at radius 2 is 1.95 bits per heavy atom. The van der Waals surface area contributed by atoms with Crippen LogP contribution in [-0.2, 0) is 4.79 Å². The minimum atomic E-state index is -2.42. The summed E-state index contributed by atoms with van der Waals surface area (Å²) in [5.74, 6) is -1.74. The number of amides is 1. The second kappa shape index (κ2) is 7.75. The first-order valence-corrected chi connectivity index (χ1v) is 7.98. The van der Waals surface area contributed by atoms with Crippen molar-refractivity contribution in [1.29, 1.82) is 0 Å². The van der Waals surface area contributed by atoms with Gasteiger partial charge in [-0.15, -0.1) is 0 Å². The van der Waals surface area contributed by atoms with Crippen LogP contribution in [0.4, 0.5) is 14.5 Å². The second-order valence-electron chi connectivity index (χ2n) is 5.41. The van der Waals surface area contributed by atoms with Crippen molar-refractivity contribution in [2.75, 3.05) is 25.0 Å². The van der Waals surface area contributed by atoms with Crippen LogP contribution in [0, 0.1) is 5.92 Å². The lowest BCUT2D eigenvalue weighted by Crippen LogP contribution is -2.38. The number of hydrogen-bond acceptors (Lipinski definition) is 3. The fourth-order valence-electron chi connectivity index (χ4n) is 2.34. The predicted octanol–water partition coefficient (Wildman–Crippen LogP) is 3.67. The van der Waals surface area contributed by atoms with Crippen molar-refractivity contribution < 1.29 is 13.6 Å². The lowest BCUT2D eigenvalue weighted by atomic mass is 9.99. The van der Waals surface area contributed by atoms with Crippen molar-refractivity contribution in [2.24, 2.45) is 5.92 Å². The molecule has 0 spiro atoms. The normalized spacial score (nSPS) is 17.1. The number of carbonyl (C=O) groups is 1. The van der Waals surface area contributed by atoms with Gasteiger partial charge in [-0.3, -0.25) is 9.69 Å². The SMILES string of the molecule is CC1CCN(CC(=O)Nc2ccc(SC(F)F)cc2)CC1. The summed E-state index contributed by atoms with van der Waals surface area (Å²) in [6.07, 6.45) is 2.26. The summed E-state index contributed by atoms with van der Waals surface area (Å²) in [4.78, 5) is 14.6. The molecule has 1 aromatic carbocycles. The molecule has 0 saturated carbocycles. The number of nitrogens with zero attached hydrogens (tertiary/aromatic N) is 1. The van der Waals surface area contributed by atoms with Gasteiger partial charge in [0.15, 0.2) is 0 Å². The van der Waals surface area contributed by atoms with Gasteiger partial charge in [0.05, 0.1) is 6.54 Å². The summed E-state index contributed by atoms with van der Waals surface area (Å²) in [5.41, 5.74) is 0.643. The fourth-order valence-corrected chi connectivity index (χ4v) is 2.84. The summed E-state index contributed by atoms with van der Waals surface area (Å²) in [7, 11) is 0. The van der Waals surface area contributed by atoms with Crippen LogP contribution in [0.2, 0.25) is 0 Å². The molecule has 1 saturated heterocycles. The number of hydrogen-bond donors (Lipinski definition) is 1. The molecule has 6 heteroatoms. The van der Waals surface area contributed by atoms with Gasteiger partial charge >= 0.3 is 0 Å². The third-order valence-corrected chi connectivity index (χ3v) is 4.33. The van der Waals surface area contributed by atoms with Crippen LogP contribution in [0.25, 0.3) is 0 Å². The number of likely N-dealkylation sites (tertiary alicyclic amines) is 1. The summed E-state index contributed by atoms with van der Waals surface area (Å²) in [5, 5.41) is 2.80. The van der Waals surface area contributed by atoms with Gasteiger partial charge in [0, 0.05) is 10.6 Å². The molecule has 3 nitrogen and oxygen atoms in total. The lowest BCUT2D eigenvalue weighted by molar-refractivity contribution is -0.117. The molecule has 1 aromatic rings. The largest absolute Gasteiger partial charge is 0.325 e. The maximum Gasteiger partial charge on any atom is 0.288 e. The molecule has 2 rings (SSSR count). The Bertz CT molecular complexity index is 459. The van der Waals surface area contributed by atoms with Crippen molar-refractivity contribution in [3.05, 3.63) is 24.3 Å². The molecule has 1 aliphatic heterocycles. The Hall–Kier alpha value is -1.14. The van der Waals surface area contributed by atoms with Gasteiger partial charge in [-0.25, -0.2) is 0 Å². The third-order valence-electron chi connectivity index (χ3n) is 3.61. The number of carbonyl (C=O) groups excluding carboxylic acids is 1. The zero-order valence-corrected chi connectivity index (χ0v) is 12.8. The van der Waals surface area contributed by atoms with Gasteiger partial charge in [-0.1, -0.05) is 18.7 Å². The van der Waals surface area contributed by atoms with Crippen LogP contribution in [0.3, 0.4) is 0 Å². The average Bonchev–Trinajstić information content (AvgIpc) is 2.43. The molecule has 0 bridgehead atoms. The highest BCUT2D eigenvalue weighted by Crippen LogP contribution is 2.26. The van der Waals surface area contributed by atoms with E-state index in [2.05, 4.69) is 17.1 Å². The molecule has 1 aliphatic rings. The van der Waals surface area contributed by atoms with E-state index in [4.69, 9.17) is 0 Å². The Morgan fingerprint density at radius 1 is 1.33 bits per heavy atom. The molecular formula is C15H20F2N2OS. The summed E-state index contributed by atoms with van der Waals surface area (Å²) >= 11 is 0.500. The van der Waals surface area contributed by atoms with Crippen molar-refractivity contribution in [3.63, 3.8) is 0 Å². The second-order valence-corrected chi connectivity index (χ2v) is 6.47. The van der Waals surface area contributed by atoms with Crippen molar-refractivity contribution in [3.8, 4) is 0 Å². The van der Waals surface area contributed by atoms with Gasteiger partial charge < -0.3 is 5.32 Å². The molecule has 116 valence electrons. The van der Waals surface area contributed by atoms with Gasteiger partial charge in [-0.05, 0) is 56.1 Å². The molecule has 0 aliphatic carbocycles. The summed E-state index contributed by atoms with van der Waals surface area (Å²) < 4.78 is 24.4. The first kappa shape index (κ1) is 16.2. The summed E-state index contributed by atoms with van der Waals surface area (Å²) in [6, 6.07) is 6.49. The highest BCUT2D eigenvalue weighted by atomic mass is 32.2. The van der Waals surface area contributed by atoms with E-state index in [1.54, 1.807) is 24.3 Å². The number of benzene rings is 1. The van der Waals surface area contributed by atoms with E-state index in [1.807, 2.05) is 0 Å². The molecule has 0 radical (unpaired) electrons. The van der Waals surface area contributed by atoms with Gasteiger partial charge in [0.1, 0.15) is 0 Å². The van der Waals surface area contributed by atoms with Crippen LogP contribution >= 0.6 is 11.8 Å². The third kappa shape index (κ3) is 5.63. The van der Waals surface area contributed by atoms with E-state index in [9.17, 15) is 13.6 Å². The fraction of sp³-hybridized carbons (Fsp3) is 0.533. The number of rotatable bonds is 5. The number of nitrogens with one attached hydrogen (secondary N) is 1. The molecule has 0 aromatic heterocycles. The average molecular weight is 314 g/mol. The highest BCUT2D eigenvalue weighted by Gasteiger charge is 2.17. The van der Waals surface area contributed by atoms with Crippen LogP contribution < -0.4 is 5.32 Å². The smallest absolute Gasteiger partial charge is 0.288 e. The minimum Gasteiger partial charge on any atom is -0.325 e. The molecular weight excluding hydrogens is 294 g/mol. The number of piperidine rings is 1. The quantitative estimate of drug-likeness (QED) is 0.842. The number of anilines is 1. The maximum atomic E-state index is 12.2. The van der Waals surface area contributed by atoms with E-state index >= 15 is 0 Å². The van der Waals surface area contributed by atoms with Crippen molar-refractivity contribution >= 4 is 23.4 Å². The standard InChI is InChI=1S/C15H20F2N2OS/c1-11-6-8-19(9-7-11)10-14(20)18-12-2-4-13(5-3-12)21-15(16)17/h2-5,11,15H,6-10H2,1H3,(H,18,20). The van der Waals surface area contributed by atoms with E-state index in [-0.39, 0.29) is 5.91 Å². The highest BCUT2D eigenvalue weighted by molar-refractivity contribution is 7.99. The molecule has 0 unspecified atom stereocenters. The zero-order chi connectivity index (χ0) is 15.2. The molecule has 0 atom stereocenters. The van der Waals surface area contributed by atoms with Crippen LogP contribution in [0.5, 0.6) is 0 Å². The van der Waals surface area contributed by atoms with Crippen LogP contribution in [0.15, 0.2) is 29.2 Å². The van der Waals surface area contributed by atoms with Crippen molar-refractivity contribution in [2.45, 2.75) is 30.4 Å². The predicted molar refractivity (Wildman–Crippen MR) is 81.8 cm³/mol. The van der Waals surface area contributed by atoms with E-state index in [0.29, 0.717) is 28.9 Å². The van der Waals surface area contributed by atoms with Gasteiger partial charge in [-0.2, -0.15) is 8.78 Å². The number of alkyl halides is 2. The van der Waals surface area contributed by atoms with Gasteiger partial charge in [0.2, 0.25) is 5.91 Å². The monoisotopic (exact) mass is 314 g/mol. The molecule has 1 fully saturated rings. The van der Waals surface area contributed by atoms with Crippen LogP contribution in [-0.4, -0.2) is 36.2 Å². The van der Waals surface area contributed by atoms with Gasteiger partial charge in [0.25, 0.3) is 5.76 Å². The minimum absolute atomic E-state index is 0.0567. The number of halogens is 2. The maximum absolute atomic E-state index is 12.2. The van der Waals surface area contributed by atoms with E-state index in [0.717, 1.165) is 31.8 Å². The van der Waals surface area contributed by atoms with E-state index in [1.165, 1.54) is 0 Å². The molecule has 1 N–H and O–H groups in total. The lowest BCUT2D eigenvalue weighted by Gasteiger charge is -2.29. The summed E-state index contributed by atoms with van der Waals surface area (Å²) in [6.45, 7) is 4.54. The van der Waals surface area contributed by atoms with Crippen molar-refractivity contribution in [1.82, 2.24) is 4.90 Å².